The van der Waals surface area contributed by atoms with Crippen molar-refractivity contribution < 1.29 is 14.3 Å². The van der Waals surface area contributed by atoms with Crippen LogP contribution in [-0.2, 0) is 16.6 Å². The number of ether oxygens (including phenoxy) is 1. The van der Waals surface area contributed by atoms with Crippen LogP contribution in [-0.4, -0.2) is 88.5 Å². The maximum atomic E-state index is 13.8. The second-order valence-electron chi connectivity index (χ2n) is 11.0. The number of rotatable bonds is 7. The molecule has 1 atom stereocenters. The molecular formula is C28H40N6O3. The summed E-state index contributed by atoms with van der Waals surface area (Å²) in [4.78, 5) is 30.9. The third-order valence-electron chi connectivity index (χ3n) is 6.75. The average molecular weight is 509 g/mol. The number of nitrogens with one attached hydrogen (secondary N) is 1. The first-order valence-corrected chi connectivity index (χ1v) is 13.1. The Morgan fingerprint density at radius 3 is 2.46 bits per heavy atom. The standard InChI is InChI=1S/C28H40N6O3/c1-21-8-10-22(11-9-21)25-19-23(24-7-6-12-31(24)5)30-34(25)26(35)20-33(27(36)29-28(2,3)4)14-13-32-15-17-37-18-16-32/h6-12,25H,13-20H2,1-5H3,(H,29,36). The third kappa shape index (κ3) is 6.99. The van der Waals surface area contributed by atoms with Crippen LogP contribution in [0.4, 0.5) is 4.79 Å². The number of benzene rings is 1. The molecule has 9 nitrogen and oxygen atoms in total. The maximum Gasteiger partial charge on any atom is 0.318 e. The van der Waals surface area contributed by atoms with Gasteiger partial charge in [-0.25, -0.2) is 9.80 Å². The SMILES string of the molecule is Cc1ccc(C2CC(c3cccn3C)=NN2C(=O)CN(CCN2CCOCC2)C(=O)NC(C)(C)C)cc1. The average Bonchev–Trinajstić information content (AvgIpc) is 3.48. The van der Waals surface area contributed by atoms with Crippen molar-refractivity contribution in [1.29, 1.82) is 0 Å². The normalized spacial score (nSPS) is 18.6. The topological polar surface area (TPSA) is 82.4 Å². The number of aryl methyl sites for hydroxylation is 2. The first kappa shape index (κ1) is 26.9. The van der Waals surface area contributed by atoms with E-state index in [0.29, 0.717) is 32.7 Å². The van der Waals surface area contributed by atoms with Gasteiger partial charge in [-0.2, -0.15) is 5.10 Å². The summed E-state index contributed by atoms with van der Waals surface area (Å²) in [6.45, 7) is 12.0. The highest BCUT2D eigenvalue weighted by atomic mass is 16.5. The molecule has 1 unspecified atom stereocenters. The molecule has 37 heavy (non-hydrogen) atoms. The molecule has 2 aliphatic rings. The van der Waals surface area contributed by atoms with Gasteiger partial charge in [0.15, 0.2) is 0 Å². The molecule has 0 spiro atoms. The minimum absolute atomic E-state index is 0.0431. The van der Waals surface area contributed by atoms with Crippen LogP contribution in [0, 0.1) is 6.92 Å². The fourth-order valence-electron chi connectivity index (χ4n) is 4.68. The predicted octanol–water partition coefficient (Wildman–Crippen LogP) is 3.15. The monoisotopic (exact) mass is 508 g/mol. The summed E-state index contributed by atoms with van der Waals surface area (Å²) in [7, 11) is 1.98. The van der Waals surface area contributed by atoms with E-state index in [1.54, 1.807) is 9.91 Å². The predicted molar refractivity (Wildman–Crippen MR) is 144 cm³/mol. The van der Waals surface area contributed by atoms with Crippen molar-refractivity contribution in [2.45, 2.75) is 45.7 Å². The molecule has 2 aromatic rings. The van der Waals surface area contributed by atoms with Gasteiger partial charge < -0.3 is 19.5 Å². The van der Waals surface area contributed by atoms with E-state index < -0.39 is 5.54 Å². The van der Waals surface area contributed by atoms with Crippen LogP contribution in [0.1, 0.15) is 50.1 Å². The minimum Gasteiger partial charge on any atom is -0.379 e. The molecule has 0 saturated carbocycles. The lowest BCUT2D eigenvalue weighted by molar-refractivity contribution is -0.133. The second-order valence-corrected chi connectivity index (χ2v) is 11.0. The zero-order valence-electron chi connectivity index (χ0n) is 22.7. The van der Waals surface area contributed by atoms with Gasteiger partial charge in [-0.15, -0.1) is 0 Å². The number of carbonyl (C=O) groups is 2. The highest BCUT2D eigenvalue weighted by Gasteiger charge is 2.35. The van der Waals surface area contributed by atoms with E-state index in [4.69, 9.17) is 9.84 Å². The Hall–Kier alpha value is -3.17. The van der Waals surface area contributed by atoms with Crippen molar-refractivity contribution in [1.82, 2.24) is 24.7 Å². The zero-order valence-corrected chi connectivity index (χ0v) is 22.7. The minimum atomic E-state index is -0.409. The van der Waals surface area contributed by atoms with Crippen LogP contribution < -0.4 is 5.32 Å². The van der Waals surface area contributed by atoms with Crippen LogP contribution in [0.15, 0.2) is 47.7 Å². The van der Waals surface area contributed by atoms with Crippen molar-refractivity contribution in [3.05, 3.63) is 59.4 Å². The molecule has 0 radical (unpaired) electrons. The largest absolute Gasteiger partial charge is 0.379 e. The van der Waals surface area contributed by atoms with Crippen LogP contribution in [0.5, 0.6) is 0 Å². The van der Waals surface area contributed by atoms with Gasteiger partial charge in [0.2, 0.25) is 0 Å². The Morgan fingerprint density at radius 1 is 1.14 bits per heavy atom. The number of morpholine rings is 1. The molecule has 200 valence electrons. The molecule has 0 bridgehead atoms. The summed E-state index contributed by atoms with van der Waals surface area (Å²) >= 11 is 0. The van der Waals surface area contributed by atoms with Gasteiger partial charge in [-0.05, 0) is 45.4 Å². The second kappa shape index (κ2) is 11.5. The fraction of sp³-hybridized carbons (Fsp3) is 0.536. The van der Waals surface area contributed by atoms with E-state index in [1.807, 2.05) is 57.6 Å². The van der Waals surface area contributed by atoms with Crippen molar-refractivity contribution in [2.75, 3.05) is 45.9 Å². The Bertz CT molecular complexity index is 1110. The van der Waals surface area contributed by atoms with Crippen molar-refractivity contribution in [2.24, 2.45) is 12.1 Å². The van der Waals surface area contributed by atoms with E-state index in [-0.39, 0.29) is 24.5 Å². The van der Waals surface area contributed by atoms with Crippen molar-refractivity contribution >= 4 is 17.6 Å². The molecule has 9 heteroatoms. The van der Waals surface area contributed by atoms with E-state index >= 15 is 0 Å². The summed E-state index contributed by atoms with van der Waals surface area (Å²) in [6.07, 6.45) is 2.60. The van der Waals surface area contributed by atoms with Crippen LogP contribution in [0.2, 0.25) is 0 Å². The van der Waals surface area contributed by atoms with E-state index in [1.165, 1.54) is 0 Å². The third-order valence-corrected chi connectivity index (χ3v) is 6.75. The molecule has 2 aliphatic heterocycles. The molecule has 1 N–H and O–H groups in total. The van der Waals surface area contributed by atoms with E-state index in [9.17, 15) is 9.59 Å². The highest BCUT2D eigenvalue weighted by Crippen LogP contribution is 2.33. The molecule has 1 aromatic heterocycles. The lowest BCUT2D eigenvalue weighted by Crippen LogP contribution is -2.53. The molecule has 1 aromatic carbocycles. The Labute approximate surface area is 220 Å². The van der Waals surface area contributed by atoms with Gasteiger partial charge in [0, 0.05) is 51.4 Å². The number of urea groups is 1. The van der Waals surface area contributed by atoms with Gasteiger partial charge in [-0.1, -0.05) is 29.8 Å². The Kier molecular flexibility index (Phi) is 8.34. The molecule has 3 heterocycles. The maximum absolute atomic E-state index is 13.8. The first-order valence-electron chi connectivity index (χ1n) is 13.1. The van der Waals surface area contributed by atoms with Gasteiger partial charge >= 0.3 is 6.03 Å². The lowest BCUT2D eigenvalue weighted by Gasteiger charge is -2.32. The molecule has 1 fully saturated rings. The molecule has 0 aliphatic carbocycles. The van der Waals surface area contributed by atoms with Crippen LogP contribution in [0.3, 0.4) is 0 Å². The molecular weight excluding hydrogens is 468 g/mol. The summed E-state index contributed by atoms with van der Waals surface area (Å²) in [5, 5.41) is 9.41. The highest BCUT2D eigenvalue weighted by molar-refractivity contribution is 6.02. The van der Waals surface area contributed by atoms with Gasteiger partial charge in [-0.3, -0.25) is 9.69 Å². The van der Waals surface area contributed by atoms with Crippen LogP contribution in [0.25, 0.3) is 0 Å². The van der Waals surface area contributed by atoms with Gasteiger partial charge in [0.1, 0.15) is 6.54 Å². The number of nitrogens with zero attached hydrogens (tertiary/aromatic N) is 5. The van der Waals surface area contributed by atoms with E-state index in [0.717, 1.165) is 35.6 Å². The van der Waals surface area contributed by atoms with Crippen molar-refractivity contribution in [3.63, 3.8) is 0 Å². The van der Waals surface area contributed by atoms with Crippen LogP contribution >= 0.6 is 0 Å². The summed E-state index contributed by atoms with van der Waals surface area (Å²) in [5.41, 5.74) is 3.64. The Balaban J connectivity index is 1.56. The van der Waals surface area contributed by atoms with Gasteiger partial charge in [0.05, 0.1) is 30.7 Å². The number of carbonyl (C=O) groups excluding carboxylic acids is 2. The molecule has 4 rings (SSSR count). The summed E-state index contributed by atoms with van der Waals surface area (Å²) in [6, 6.07) is 11.8. The number of amides is 3. The first-order chi connectivity index (χ1) is 17.6. The lowest BCUT2D eigenvalue weighted by atomic mass is 9.99. The number of hydrazone groups is 1. The quantitative estimate of drug-likeness (QED) is 0.623. The zero-order chi connectivity index (χ0) is 26.6. The number of aromatic nitrogens is 1. The summed E-state index contributed by atoms with van der Waals surface area (Å²) in [5.74, 6) is -0.194. The number of hydrogen-bond donors (Lipinski definition) is 1. The smallest absolute Gasteiger partial charge is 0.318 e. The Morgan fingerprint density at radius 2 is 1.84 bits per heavy atom. The summed E-state index contributed by atoms with van der Waals surface area (Å²) < 4.78 is 7.47. The van der Waals surface area contributed by atoms with Crippen molar-refractivity contribution in [3.8, 4) is 0 Å². The van der Waals surface area contributed by atoms with Gasteiger partial charge in [0.25, 0.3) is 5.91 Å². The molecule has 3 amide bonds. The number of hydrogen-bond acceptors (Lipinski definition) is 5. The van der Waals surface area contributed by atoms with E-state index in [2.05, 4.69) is 34.5 Å². The fourth-order valence-corrected chi connectivity index (χ4v) is 4.68. The molecule has 1 saturated heterocycles.